The fourth-order valence-electron chi connectivity index (χ4n) is 2.74. The van der Waals surface area contributed by atoms with Crippen molar-refractivity contribution >= 4 is 10.2 Å². The third kappa shape index (κ3) is 3.63. The molecule has 0 saturated heterocycles. The molecular formula is C13H24N4O3S. The number of aliphatic hydroxyl groups excluding tert-OH is 1. The van der Waals surface area contributed by atoms with Gasteiger partial charge in [-0.25, -0.2) is 0 Å². The Morgan fingerprint density at radius 1 is 1.48 bits per heavy atom. The van der Waals surface area contributed by atoms with Gasteiger partial charge in [-0.3, -0.25) is 4.68 Å². The van der Waals surface area contributed by atoms with Gasteiger partial charge in [0.05, 0.1) is 18.3 Å². The standard InChI is InChI=1S/C13H24N4O3S/c1-4-17(5-2)21(19,20)15-13(10-6-12(18)7-10)11-8-14-16(3)9-11/h8-10,12-13,15,18H,4-7H2,1-3H3/t10?,12?,13-/m0/s1. The van der Waals surface area contributed by atoms with E-state index in [9.17, 15) is 13.5 Å². The van der Waals surface area contributed by atoms with Gasteiger partial charge in [-0.15, -0.1) is 0 Å². The van der Waals surface area contributed by atoms with E-state index in [1.807, 2.05) is 20.0 Å². The van der Waals surface area contributed by atoms with Gasteiger partial charge < -0.3 is 5.11 Å². The smallest absolute Gasteiger partial charge is 0.279 e. The zero-order valence-corrected chi connectivity index (χ0v) is 13.5. The van der Waals surface area contributed by atoms with Crippen LogP contribution < -0.4 is 4.72 Å². The lowest BCUT2D eigenvalue weighted by Gasteiger charge is -2.38. The lowest BCUT2D eigenvalue weighted by molar-refractivity contribution is 0.0277. The molecule has 0 aliphatic heterocycles. The Morgan fingerprint density at radius 2 is 2.10 bits per heavy atom. The Hall–Kier alpha value is -0.960. The summed E-state index contributed by atoms with van der Waals surface area (Å²) < 4.78 is 30.7. The van der Waals surface area contributed by atoms with Crippen LogP contribution in [0.5, 0.6) is 0 Å². The minimum absolute atomic E-state index is 0.106. The van der Waals surface area contributed by atoms with E-state index in [-0.39, 0.29) is 18.1 Å². The first-order chi connectivity index (χ1) is 9.87. The van der Waals surface area contributed by atoms with E-state index in [1.54, 1.807) is 17.9 Å². The molecule has 8 heteroatoms. The normalized spacial score (nSPS) is 24.0. The average molecular weight is 316 g/mol. The summed E-state index contributed by atoms with van der Waals surface area (Å²) in [5.74, 6) is 0.106. The van der Waals surface area contributed by atoms with Crippen molar-refractivity contribution in [3.8, 4) is 0 Å². The van der Waals surface area contributed by atoms with E-state index in [0.717, 1.165) is 5.56 Å². The maximum atomic E-state index is 12.4. The second-order valence-electron chi connectivity index (χ2n) is 5.52. The molecule has 21 heavy (non-hydrogen) atoms. The Bertz CT molecular complexity index is 562. The first-order valence-electron chi connectivity index (χ1n) is 7.31. The van der Waals surface area contributed by atoms with Gasteiger partial charge in [0.25, 0.3) is 10.2 Å². The Kier molecular flexibility index (Phi) is 5.03. The predicted octanol–water partition coefficient (Wildman–Crippen LogP) is 0.408. The fraction of sp³-hybridized carbons (Fsp3) is 0.769. The predicted molar refractivity (Wildman–Crippen MR) is 79.7 cm³/mol. The topological polar surface area (TPSA) is 87.5 Å². The fourth-order valence-corrected chi connectivity index (χ4v) is 4.22. The number of nitrogens with one attached hydrogen (secondary N) is 1. The maximum absolute atomic E-state index is 12.4. The van der Waals surface area contributed by atoms with E-state index >= 15 is 0 Å². The summed E-state index contributed by atoms with van der Waals surface area (Å²) in [7, 11) is -1.73. The molecule has 2 rings (SSSR count). The summed E-state index contributed by atoms with van der Waals surface area (Å²) in [6.07, 6.45) is 4.40. The second kappa shape index (κ2) is 6.43. The van der Waals surface area contributed by atoms with E-state index < -0.39 is 10.2 Å². The summed E-state index contributed by atoms with van der Waals surface area (Å²) in [5, 5.41) is 13.6. The first-order valence-corrected chi connectivity index (χ1v) is 8.75. The molecule has 120 valence electrons. The molecule has 1 aliphatic carbocycles. The molecular weight excluding hydrogens is 292 g/mol. The maximum Gasteiger partial charge on any atom is 0.279 e. The number of hydrogen-bond acceptors (Lipinski definition) is 4. The lowest BCUT2D eigenvalue weighted by Crippen LogP contribution is -2.46. The van der Waals surface area contributed by atoms with Gasteiger partial charge in [-0.2, -0.15) is 22.5 Å². The summed E-state index contributed by atoms with van der Waals surface area (Å²) in [5.41, 5.74) is 0.838. The quantitative estimate of drug-likeness (QED) is 0.762. The molecule has 1 fully saturated rings. The monoisotopic (exact) mass is 316 g/mol. The van der Waals surface area contributed by atoms with Gasteiger partial charge in [-0.1, -0.05) is 13.8 Å². The molecule has 0 unspecified atom stereocenters. The molecule has 0 spiro atoms. The Labute approximate surface area is 126 Å². The number of rotatable bonds is 7. The van der Waals surface area contributed by atoms with Crippen LogP contribution in [0.15, 0.2) is 12.4 Å². The molecule has 1 atom stereocenters. The molecule has 0 radical (unpaired) electrons. The number of aromatic nitrogens is 2. The third-order valence-electron chi connectivity index (χ3n) is 4.03. The van der Waals surface area contributed by atoms with Crippen molar-refractivity contribution in [2.45, 2.75) is 38.8 Å². The molecule has 0 amide bonds. The SMILES string of the molecule is CCN(CC)S(=O)(=O)N[C@H](c1cnn(C)c1)C1CC(O)C1. The van der Waals surface area contributed by atoms with Crippen LogP contribution in [0.25, 0.3) is 0 Å². The molecule has 0 bridgehead atoms. The minimum atomic E-state index is -3.53. The van der Waals surface area contributed by atoms with E-state index in [1.165, 1.54) is 4.31 Å². The molecule has 1 saturated carbocycles. The molecule has 1 aromatic heterocycles. The zero-order valence-electron chi connectivity index (χ0n) is 12.7. The highest BCUT2D eigenvalue weighted by Crippen LogP contribution is 2.38. The number of hydrogen-bond donors (Lipinski definition) is 2. The molecule has 1 aromatic rings. The van der Waals surface area contributed by atoms with Gasteiger partial charge in [0.15, 0.2) is 0 Å². The van der Waals surface area contributed by atoms with Crippen LogP contribution in [0.4, 0.5) is 0 Å². The van der Waals surface area contributed by atoms with Crippen molar-refractivity contribution in [1.29, 1.82) is 0 Å². The van der Waals surface area contributed by atoms with Crippen molar-refractivity contribution in [3.05, 3.63) is 18.0 Å². The van der Waals surface area contributed by atoms with Crippen LogP contribution in [0.2, 0.25) is 0 Å². The zero-order chi connectivity index (χ0) is 15.6. The van der Waals surface area contributed by atoms with Gasteiger partial charge in [-0.05, 0) is 18.8 Å². The molecule has 0 aromatic carbocycles. The van der Waals surface area contributed by atoms with Gasteiger partial charge in [0.1, 0.15) is 0 Å². The highest BCUT2D eigenvalue weighted by atomic mass is 32.2. The van der Waals surface area contributed by atoms with Crippen LogP contribution in [-0.4, -0.2) is 46.8 Å². The largest absolute Gasteiger partial charge is 0.393 e. The highest BCUT2D eigenvalue weighted by Gasteiger charge is 2.38. The van der Waals surface area contributed by atoms with E-state index in [2.05, 4.69) is 9.82 Å². The van der Waals surface area contributed by atoms with Gasteiger partial charge in [0.2, 0.25) is 0 Å². The summed E-state index contributed by atoms with van der Waals surface area (Å²) >= 11 is 0. The summed E-state index contributed by atoms with van der Waals surface area (Å²) in [6, 6.07) is -0.340. The summed E-state index contributed by atoms with van der Waals surface area (Å²) in [4.78, 5) is 0. The first kappa shape index (κ1) is 16.4. The van der Waals surface area contributed by atoms with Gasteiger partial charge >= 0.3 is 0 Å². The van der Waals surface area contributed by atoms with Crippen molar-refractivity contribution < 1.29 is 13.5 Å². The van der Waals surface area contributed by atoms with Crippen LogP contribution in [0.1, 0.15) is 38.3 Å². The summed E-state index contributed by atoms with van der Waals surface area (Å²) in [6.45, 7) is 4.49. The average Bonchev–Trinajstić information content (AvgIpc) is 2.80. The van der Waals surface area contributed by atoms with E-state index in [0.29, 0.717) is 25.9 Å². The number of aryl methyl sites for hydroxylation is 1. The molecule has 2 N–H and O–H groups in total. The lowest BCUT2D eigenvalue weighted by atomic mass is 9.76. The number of aliphatic hydroxyl groups is 1. The second-order valence-corrected chi connectivity index (χ2v) is 7.22. The molecule has 1 heterocycles. The highest BCUT2D eigenvalue weighted by molar-refractivity contribution is 7.87. The molecule has 7 nitrogen and oxygen atoms in total. The van der Waals surface area contributed by atoms with Crippen LogP contribution in [-0.2, 0) is 17.3 Å². The van der Waals surface area contributed by atoms with Crippen LogP contribution in [0, 0.1) is 5.92 Å². The number of nitrogens with zero attached hydrogens (tertiary/aromatic N) is 3. The van der Waals surface area contributed by atoms with Crippen LogP contribution >= 0.6 is 0 Å². The van der Waals surface area contributed by atoms with Crippen molar-refractivity contribution in [3.63, 3.8) is 0 Å². The molecule has 1 aliphatic rings. The van der Waals surface area contributed by atoms with Crippen LogP contribution in [0.3, 0.4) is 0 Å². The minimum Gasteiger partial charge on any atom is -0.393 e. The Morgan fingerprint density at radius 3 is 2.52 bits per heavy atom. The van der Waals surface area contributed by atoms with Crippen molar-refractivity contribution in [2.24, 2.45) is 13.0 Å². The Balaban J connectivity index is 2.20. The van der Waals surface area contributed by atoms with Gasteiger partial charge in [0, 0.05) is 31.9 Å². The third-order valence-corrected chi connectivity index (χ3v) is 5.77. The van der Waals surface area contributed by atoms with E-state index in [4.69, 9.17) is 0 Å². The van der Waals surface area contributed by atoms with Crippen molar-refractivity contribution in [1.82, 2.24) is 18.8 Å². The van der Waals surface area contributed by atoms with Crippen molar-refractivity contribution in [2.75, 3.05) is 13.1 Å².